The largest absolute Gasteiger partial charge is 0.312 e. The highest BCUT2D eigenvalue weighted by molar-refractivity contribution is 4.87. The van der Waals surface area contributed by atoms with E-state index in [1.807, 2.05) is 0 Å². The average molecular weight is 251 g/mol. The standard InChI is InChI=1S/C17H33N/c1-13-9-10-15(12-18-17(2,3)4)16(11-13)14-7-5-6-8-14/h13-16,18H,5-12H2,1-4H3. The third-order valence-electron chi connectivity index (χ3n) is 5.21. The molecule has 1 heteroatoms. The molecule has 0 aromatic rings. The number of hydrogen-bond donors (Lipinski definition) is 1. The lowest BCUT2D eigenvalue weighted by molar-refractivity contribution is 0.120. The van der Waals surface area contributed by atoms with Gasteiger partial charge in [0, 0.05) is 5.54 Å². The topological polar surface area (TPSA) is 12.0 Å². The zero-order chi connectivity index (χ0) is 13.2. The highest BCUT2D eigenvalue weighted by Crippen LogP contribution is 2.44. The fourth-order valence-corrected chi connectivity index (χ4v) is 4.14. The van der Waals surface area contributed by atoms with Crippen molar-refractivity contribution < 1.29 is 0 Å². The molecule has 2 saturated carbocycles. The highest BCUT2D eigenvalue weighted by atomic mass is 14.9. The first-order valence-corrected chi connectivity index (χ1v) is 8.21. The molecule has 2 rings (SSSR count). The van der Waals surface area contributed by atoms with E-state index in [1.165, 1.54) is 51.5 Å². The molecular weight excluding hydrogens is 218 g/mol. The highest BCUT2D eigenvalue weighted by Gasteiger charge is 2.35. The van der Waals surface area contributed by atoms with E-state index in [9.17, 15) is 0 Å². The maximum atomic E-state index is 3.76. The third-order valence-corrected chi connectivity index (χ3v) is 5.21. The lowest BCUT2D eigenvalue weighted by Crippen LogP contribution is -2.43. The Balaban J connectivity index is 1.92. The van der Waals surface area contributed by atoms with Crippen LogP contribution in [-0.4, -0.2) is 12.1 Å². The van der Waals surface area contributed by atoms with E-state index < -0.39 is 0 Å². The normalized spacial score (nSPS) is 35.0. The van der Waals surface area contributed by atoms with Crippen molar-refractivity contribution in [2.75, 3.05) is 6.54 Å². The van der Waals surface area contributed by atoms with Crippen molar-refractivity contribution in [3.8, 4) is 0 Å². The van der Waals surface area contributed by atoms with Gasteiger partial charge in [-0.05, 0) is 63.8 Å². The quantitative estimate of drug-likeness (QED) is 0.772. The van der Waals surface area contributed by atoms with E-state index >= 15 is 0 Å². The predicted molar refractivity (Wildman–Crippen MR) is 79.7 cm³/mol. The van der Waals surface area contributed by atoms with Crippen molar-refractivity contribution in [2.45, 2.75) is 78.2 Å². The van der Waals surface area contributed by atoms with Crippen LogP contribution in [0.3, 0.4) is 0 Å². The molecule has 0 aliphatic heterocycles. The van der Waals surface area contributed by atoms with Crippen LogP contribution in [0.5, 0.6) is 0 Å². The molecule has 0 radical (unpaired) electrons. The van der Waals surface area contributed by atoms with E-state index in [2.05, 4.69) is 33.0 Å². The summed E-state index contributed by atoms with van der Waals surface area (Å²) in [6, 6.07) is 0. The molecule has 3 unspecified atom stereocenters. The maximum absolute atomic E-state index is 3.76. The predicted octanol–water partition coefficient (Wildman–Crippen LogP) is 4.62. The minimum Gasteiger partial charge on any atom is -0.312 e. The Morgan fingerprint density at radius 2 is 1.67 bits per heavy atom. The minimum atomic E-state index is 0.281. The molecule has 106 valence electrons. The fourth-order valence-electron chi connectivity index (χ4n) is 4.14. The molecule has 18 heavy (non-hydrogen) atoms. The third kappa shape index (κ3) is 3.98. The zero-order valence-electron chi connectivity index (χ0n) is 13.0. The molecule has 3 atom stereocenters. The van der Waals surface area contributed by atoms with Crippen LogP contribution in [-0.2, 0) is 0 Å². The molecule has 1 N–H and O–H groups in total. The smallest absolute Gasteiger partial charge is 0.00966 e. The van der Waals surface area contributed by atoms with Gasteiger partial charge >= 0.3 is 0 Å². The molecule has 0 heterocycles. The van der Waals surface area contributed by atoms with Gasteiger partial charge in [0.05, 0.1) is 0 Å². The second-order valence-electron chi connectivity index (χ2n) is 8.02. The first-order chi connectivity index (χ1) is 8.46. The number of nitrogens with one attached hydrogen (secondary N) is 1. The summed E-state index contributed by atoms with van der Waals surface area (Å²) in [5.41, 5.74) is 0.281. The van der Waals surface area contributed by atoms with E-state index in [4.69, 9.17) is 0 Å². The van der Waals surface area contributed by atoms with Crippen molar-refractivity contribution in [2.24, 2.45) is 23.7 Å². The molecule has 0 bridgehead atoms. The van der Waals surface area contributed by atoms with Gasteiger partial charge in [0.25, 0.3) is 0 Å². The van der Waals surface area contributed by atoms with Crippen LogP contribution >= 0.6 is 0 Å². The van der Waals surface area contributed by atoms with E-state index in [1.54, 1.807) is 0 Å². The first kappa shape index (κ1) is 14.4. The van der Waals surface area contributed by atoms with E-state index in [0.29, 0.717) is 0 Å². The molecule has 2 aliphatic rings. The monoisotopic (exact) mass is 251 g/mol. The summed E-state index contributed by atoms with van der Waals surface area (Å²) in [5, 5.41) is 3.76. The summed E-state index contributed by atoms with van der Waals surface area (Å²) in [7, 11) is 0. The van der Waals surface area contributed by atoms with Gasteiger partial charge in [0.15, 0.2) is 0 Å². The zero-order valence-corrected chi connectivity index (χ0v) is 13.0. The summed E-state index contributed by atoms with van der Waals surface area (Å²) >= 11 is 0. The van der Waals surface area contributed by atoms with E-state index in [-0.39, 0.29) is 5.54 Å². The van der Waals surface area contributed by atoms with Gasteiger partial charge in [-0.1, -0.05) is 39.0 Å². The summed E-state index contributed by atoms with van der Waals surface area (Å²) in [6.07, 6.45) is 10.4. The summed E-state index contributed by atoms with van der Waals surface area (Å²) in [6.45, 7) is 10.6. The van der Waals surface area contributed by atoms with Crippen molar-refractivity contribution in [1.82, 2.24) is 5.32 Å². The van der Waals surface area contributed by atoms with Crippen molar-refractivity contribution in [1.29, 1.82) is 0 Å². The molecule has 2 aliphatic carbocycles. The van der Waals surface area contributed by atoms with Gasteiger partial charge in [-0.25, -0.2) is 0 Å². The minimum absolute atomic E-state index is 0.281. The molecule has 0 aromatic heterocycles. The summed E-state index contributed by atoms with van der Waals surface area (Å²) in [4.78, 5) is 0. The molecule has 0 spiro atoms. The second kappa shape index (κ2) is 5.94. The van der Waals surface area contributed by atoms with Crippen molar-refractivity contribution in [3.05, 3.63) is 0 Å². The average Bonchev–Trinajstić information content (AvgIpc) is 2.79. The molecule has 0 aromatic carbocycles. The molecule has 0 amide bonds. The SMILES string of the molecule is CC1CCC(CNC(C)(C)C)C(C2CCCC2)C1. The van der Waals surface area contributed by atoms with Crippen LogP contribution in [0.4, 0.5) is 0 Å². The van der Waals surface area contributed by atoms with Gasteiger partial charge in [-0.15, -0.1) is 0 Å². The van der Waals surface area contributed by atoms with Crippen molar-refractivity contribution in [3.63, 3.8) is 0 Å². The number of rotatable bonds is 3. The van der Waals surface area contributed by atoms with Gasteiger partial charge in [-0.3, -0.25) is 0 Å². The summed E-state index contributed by atoms with van der Waals surface area (Å²) < 4.78 is 0. The Bertz CT molecular complexity index is 247. The van der Waals surface area contributed by atoms with Gasteiger partial charge in [0.1, 0.15) is 0 Å². The Morgan fingerprint density at radius 3 is 2.28 bits per heavy atom. The Labute approximate surface area is 114 Å². The molecule has 2 fully saturated rings. The summed E-state index contributed by atoms with van der Waals surface area (Å²) in [5.74, 6) is 4.00. The van der Waals surface area contributed by atoms with Crippen LogP contribution in [0.1, 0.15) is 72.6 Å². The van der Waals surface area contributed by atoms with Crippen LogP contribution in [0.25, 0.3) is 0 Å². The molecule has 1 nitrogen and oxygen atoms in total. The Morgan fingerprint density at radius 1 is 1.00 bits per heavy atom. The Kier molecular flexibility index (Phi) is 4.75. The fraction of sp³-hybridized carbons (Fsp3) is 1.00. The van der Waals surface area contributed by atoms with Gasteiger partial charge < -0.3 is 5.32 Å². The van der Waals surface area contributed by atoms with E-state index in [0.717, 1.165) is 23.7 Å². The second-order valence-corrected chi connectivity index (χ2v) is 8.02. The van der Waals surface area contributed by atoms with Gasteiger partial charge in [-0.2, -0.15) is 0 Å². The molecule has 0 saturated heterocycles. The maximum Gasteiger partial charge on any atom is 0.00966 e. The molecular formula is C17H33N. The number of hydrogen-bond acceptors (Lipinski definition) is 1. The Hall–Kier alpha value is -0.0400. The van der Waals surface area contributed by atoms with Crippen LogP contribution in [0, 0.1) is 23.7 Å². The van der Waals surface area contributed by atoms with Crippen LogP contribution in [0.2, 0.25) is 0 Å². The van der Waals surface area contributed by atoms with Gasteiger partial charge in [0.2, 0.25) is 0 Å². The first-order valence-electron chi connectivity index (χ1n) is 8.21. The van der Waals surface area contributed by atoms with Crippen LogP contribution in [0.15, 0.2) is 0 Å². The van der Waals surface area contributed by atoms with Crippen molar-refractivity contribution >= 4 is 0 Å². The van der Waals surface area contributed by atoms with Crippen LogP contribution < -0.4 is 5.32 Å². The lowest BCUT2D eigenvalue weighted by atomic mass is 9.68. The lowest BCUT2D eigenvalue weighted by Gasteiger charge is -2.40.